The zero-order chi connectivity index (χ0) is 21.7. The summed E-state index contributed by atoms with van der Waals surface area (Å²) in [7, 11) is -3.54. The highest BCUT2D eigenvalue weighted by Crippen LogP contribution is 2.24. The summed E-state index contributed by atoms with van der Waals surface area (Å²) in [5.41, 5.74) is 1.01. The van der Waals surface area contributed by atoms with Crippen molar-refractivity contribution in [2.75, 3.05) is 13.1 Å². The van der Waals surface area contributed by atoms with Gasteiger partial charge in [-0.3, -0.25) is 9.59 Å². The summed E-state index contributed by atoms with van der Waals surface area (Å²) in [5, 5.41) is 5.85. The highest BCUT2D eigenvalue weighted by Gasteiger charge is 2.33. The molecule has 0 aromatic heterocycles. The Morgan fingerprint density at radius 3 is 2.20 bits per heavy atom. The number of aryl methyl sites for hydroxylation is 1. The van der Waals surface area contributed by atoms with E-state index in [-0.39, 0.29) is 28.7 Å². The second-order valence-electron chi connectivity index (χ2n) is 8.57. The zero-order valence-electron chi connectivity index (χ0n) is 17.9. The van der Waals surface area contributed by atoms with Gasteiger partial charge in [-0.15, -0.1) is 0 Å². The van der Waals surface area contributed by atoms with E-state index in [9.17, 15) is 18.0 Å². The molecule has 1 saturated carbocycles. The van der Waals surface area contributed by atoms with Crippen LogP contribution in [0.3, 0.4) is 0 Å². The number of hydrogen-bond acceptors (Lipinski definition) is 4. The fourth-order valence-corrected chi connectivity index (χ4v) is 5.66. The Kier molecular flexibility index (Phi) is 7.52. The molecule has 1 aromatic carbocycles. The number of hydrogen-bond donors (Lipinski definition) is 2. The normalized spacial score (nSPS) is 20.5. The maximum Gasteiger partial charge on any atom is 0.243 e. The highest BCUT2D eigenvalue weighted by molar-refractivity contribution is 7.89. The maximum absolute atomic E-state index is 12.8. The smallest absolute Gasteiger partial charge is 0.243 e. The van der Waals surface area contributed by atoms with Crippen molar-refractivity contribution in [3.05, 3.63) is 29.8 Å². The molecule has 0 spiro atoms. The van der Waals surface area contributed by atoms with Gasteiger partial charge in [-0.25, -0.2) is 8.42 Å². The van der Waals surface area contributed by atoms with Crippen LogP contribution < -0.4 is 10.6 Å². The average Bonchev–Trinajstić information content (AvgIpc) is 2.74. The Bertz CT molecular complexity index is 840. The van der Waals surface area contributed by atoms with Gasteiger partial charge < -0.3 is 10.6 Å². The molecule has 1 aromatic rings. The van der Waals surface area contributed by atoms with Gasteiger partial charge in [0, 0.05) is 25.0 Å². The number of carbonyl (C=O) groups is 2. The van der Waals surface area contributed by atoms with E-state index in [4.69, 9.17) is 0 Å². The second-order valence-corrected chi connectivity index (χ2v) is 10.5. The molecule has 1 aliphatic heterocycles. The number of carbonyl (C=O) groups excluding carboxylic acids is 2. The van der Waals surface area contributed by atoms with Crippen molar-refractivity contribution in [3.63, 3.8) is 0 Å². The van der Waals surface area contributed by atoms with E-state index in [1.54, 1.807) is 31.2 Å². The maximum atomic E-state index is 12.8. The Balaban J connectivity index is 1.48. The largest absolute Gasteiger partial charge is 0.352 e. The second kappa shape index (κ2) is 9.92. The fourth-order valence-electron chi connectivity index (χ4n) is 4.19. The third kappa shape index (κ3) is 5.60. The predicted molar refractivity (Wildman–Crippen MR) is 115 cm³/mol. The molecule has 8 heteroatoms. The summed E-state index contributed by atoms with van der Waals surface area (Å²) >= 11 is 0. The number of piperidine rings is 1. The average molecular weight is 436 g/mol. The van der Waals surface area contributed by atoms with E-state index in [1.165, 1.54) is 10.7 Å². The van der Waals surface area contributed by atoms with Gasteiger partial charge in [0.15, 0.2) is 0 Å². The molecule has 0 bridgehead atoms. The number of sulfonamides is 1. The standard InChI is InChI=1S/C22H33N3O4S/c1-16-8-10-20(11-9-16)30(28,29)25-14-12-18(13-15-25)22(27)23-17(2)21(26)24-19-6-4-3-5-7-19/h8-11,17-19H,3-7,12-15H2,1-2H3,(H,23,27)(H,24,26)/t17-/m0/s1. The van der Waals surface area contributed by atoms with Crippen LogP contribution in [0.2, 0.25) is 0 Å². The van der Waals surface area contributed by atoms with Gasteiger partial charge in [-0.2, -0.15) is 4.31 Å². The Labute approximate surface area is 179 Å². The molecule has 1 atom stereocenters. The van der Waals surface area contributed by atoms with Crippen LogP contribution in [-0.2, 0) is 19.6 Å². The van der Waals surface area contributed by atoms with Crippen molar-refractivity contribution >= 4 is 21.8 Å². The molecule has 1 saturated heterocycles. The summed E-state index contributed by atoms with van der Waals surface area (Å²) in [6.45, 7) is 4.22. The van der Waals surface area contributed by atoms with E-state index in [0.29, 0.717) is 25.9 Å². The van der Waals surface area contributed by atoms with E-state index >= 15 is 0 Å². The first-order chi connectivity index (χ1) is 14.3. The van der Waals surface area contributed by atoms with E-state index in [1.807, 2.05) is 6.92 Å². The van der Waals surface area contributed by atoms with E-state index in [0.717, 1.165) is 31.2 Å². The highest BCUT2D eigenvalue weighted by atomic mass is 32.2. The lowest BCUT2D eigenvalue weighted by Gasteiger charge is -2.31. The first kappa shape index (κ1) is 22.7. The van der Waals surface area contributed by atoms with Crippen LogP contribution >= 0.6 is 0 Å². The van der Waals surface area contributed by atoms with Gasteiger partial charge in [0.05, 0.1) is 4.90 Å². The summed E-state index contributed by atoms with van der Waals surface area (Å²) < 4.78 is 27.1. The monoisotopic (exact) mass is 435 g/mol. The number of nitrogens with zero attached hydrogens (tertiary/aromatic N) is 1. The van der Waals surface area contributed by atoms with Crippen molar-refractivity contribution in [1.82, 2.24) is 14.9 Å². The summed E-state index contributed by atoms with van der Waals surface area (Å²) in [5.74, 6) is -0.595. The topological polar surface area (TPSA) is 95.6 Å². The van der Waals surface area contributed by atoms with Crippen molar-refractivity contribution < 1.29 is 18.0 Å². The van der Waals surface area contributed by atoms with Gasteiger partial charge in [-0.05, 0) is 51.7 Å². The van der Waals surface area contributed by atoms with Crippen molar-refractivity contribution in [1.29, 1.82) is 0 Å². The molecule has 3 rings (SSSR count). The van der Waals surface area contributed by atoms with Gasteiger partial charge in [0.25, 0.3) is 0 Å². The zero-order valence-corrected chi connectivity index (χ0v) is 18.7. The van der Waals surface area contributed by atoms with Crippen LogP contribution in [-0.4, -0.2) is 49.7 Å². The molecule has 7 nitrogen and oxygen atoms in total. The van der Waals surface area contributed by atoms with Crippen molar-refractivity contribution in [3.8, 4) is 0 Å². The predicted octanol–water partition coefficient (Wildman–Crippen LogP) is 2.35. The lowest BCUT2D eigenvalue weighted by Crippen LogP contribution is -2.51. The number of amides is 2. The third-order valence-electron chi connectivity index (χ3n) is 6.19. The molecule has 2 amide bonds. The number of rotatable bonds is 6. The molecule has 166 valence electrons. The molecule has 2 N–H and O–H groups in total. The van der Waals surface area contributed by atoms with Gasteiger partial charge in [0.2, 0.25) is 21.8 Å². The van der Waals surface area contributed by atoms with Crippen LogP contribution in [0, 0.1) is 12.8 Å². The van der Waals surface area contributed by atoms with Crippen LogP contribution in [0.1, 0.15) is 57.4 Å². The van der Waals surface area contributed by atoms with Crippen molar-refractivity contribution in [2.24, 2.45) is 5.92 Å². The molecular weight excluding hydrogens is 402 g/mol. The van der Waals surface area contributed by atoms with E-state index < -0.39 is 16.1 Å². The SMILES string of the molecule is Cc1ccc(S(=O)(=O)N2CCC(C(=O)N[C@@H](C)C(=O)NC3CCCCC3)CC2)cc1. The van der Waals surface area contributed by atoms with Crippen LogP contribution in [0.4, 0.5) is 0 Å². The van der Waals surface area contributed by atoms with Gasteiger partial charge in [0.1, 0.15) is 6.04 Å². The minimum Gasteiger partial charge on any atom is -0.352 e. The first-order valence-electron chi connectivity index (χ1n) is 10.9. The lowest BCUT2D eigenvalue weighted by molar-refractivity contribution is -0.131. The van der Waals surface area contributed by atoms with Crippen LogP contribution in [0.15, 0.2) is 29.2 Å². The number of benzene rings is 1. The molecule has 2 aliphatic rings. The minimum absolute atomic E-state index is 0.144. The molecule has 1 aliphatic carbocycles. The number of nitrogens with one attached hydrogen (secondary N) is 2. The summed E-state index contributed by atoms with van der Waals surface area (Å²) in [6.07, 6.45) is 6.39. The molecular formula is C22H33N3O4S. The summed E-state index contributed by atoms with van der Waals surface area (Å²) in [6, 6.07) is 6.43. The quantitative estimate of drug-likeness (QED) is 0.717. The minimum atomic E-state index is -3.54. The summed E-state index contributed by atoms with van der Waals surface area (Å²) in [4.78, 5) is 25.3. The molecule has 2 fully saturated rings. The lowest BCUT2D eigenvalue weighted by atomic mass is 9.95. The van der Waals surface area contributed by atoms with E-state index in [2.05, 4.69) is 10.6 Å². The first-order valence-corrected chi connectivity index (χ1v) is 12.4. The molecule has 0 radical (unpaired) electrons. The fraction of sp³-hybridized carbons (Fsp3) is 0.636. The Morgan fingerprint density at radius 2 is 1.60 bits per heavy atom. The molecule has 30 heavy (non-hydrogen) atoms. The Hall–Kier alpha value is -1.93. The molecule has 1 heterocycles. The molecule has 0 unspecified atom stereocenters. The van der Waals surface area contributed by atoms with Gasteiger partial charge >= 0.3 is 0 Å². The van der Waals surface area contributed by atoms with Crippen molar-refractivity contribution in [2.45, 2.75) is 75.8 Å². The van der Waals surface area contributed by atoms with Crippen LogP contribution in [0.25, 0.3) is 0 Å². The third-order valence-corrected chi connectivity index (χ3v) is 8.10. The van der Waals surface area contributed by atoms with Gasteiger partial charge in [-0.1, -0.05) is 37.0 Å². The van der Waals surface area contributed by atoms with Crippen LogP contribution in [0.5, 0.6) is 0 Å². The Morgan fingerprint density at radius 1 is 1.00 bits per heavy atom.